The van der Waals surface area contributed by atoms with Crippen molar-refractivity contribution in [2.75, 3.05) is 13.7 Å². The van der Waals surface area contributed by atoms with Gasteiger partial charge in [-0.3, -0.25) is 4.79 Å². The fourth-order valence-electron chi connectivity index (χ4n) is 2.09. The first-order chi connectivity index (χ1) is 8.60. The van der Waals surface area contributed by atoms with Crippen LogP contribution in [0.1, 0.15) is 17.5 Å². The van der Waals surface area contributed by atoms with E-state index in [1.165, 1.54) is 18.2 Å². The second-order valence-electron chi connectivity index (χ2n) is 4.71. The minimum absolute atomic E-state index is 0. The molecule has 2 rings (SSSR count). The highest BCUT2D eigenvalue weighted by atomic mass is 35.5. The molecule has 19 heavy (non-hydrogen) atoms. The molecule has 0 aliphatic carbocycles. The maximum Gasteiger partial charge on any atom is 0.323 e. The third-order valence-corrected chi connectivity index (χ3v) is 3.36. The standard InChI is InChI=1S/C14H19NO3.ClH/c1-9-4-5-11(6-10(9)2)18-12-7-13(15-8-12)14(16)17-3;/h4-6,12-13,15H,7-8H2,1-3H3;1H/t12-,13+;/m1./s1. The molecule has 106 valence electrons. The van der Waals surface area contributed by atoms with E-state index in [0.29, 0.717) is 13.0 Å². The van der Waals surface area contributed by atoms with Crippen LogP contribution in [0, 0.1) is 13.8 Å². The molecule has 4 nitrogen and oxygen atoms in total. The van der Waals surface area contributed by atoms with Crippen LogP contribution in [-0.2, 0) is 9.53 Å². The topological polar surface area (TPSA) is 47.6 Å². The number of methoxy groups -OCH3 is 1. The zero-order valence-electron chi connectivity index (χ0n) is 11.4. The number of ether oxygens (including phenoxy) is 2. The number of halogens is 1. The van der Waals surface area contributed by atoms with E-state index < -0.39 is 0 Å². The van der Waals surface area contributed by atoms with Crippen LogP contribution in [0.15, 0.2) is 18.2 Å². The van der Waals surface area contributed by atoms with Crippen LogP contribution in [0.4, 0.5) is 0 Å². The van der Waals surface area contributed by atoms with Crippen LogP contribution < -0.4 is 10.1 Å². The Labute approximate surface area is 119 Å². The summed E-state index contributed by atoms with van der Waals surface area (Å²) < 4.78 is 10.6. The lowest BCUT2D eigenvalue weighted by Crippen LogP contribution is -2.31. The number of carbonyl (C=O) groups excluding carboxylic acids is 1. The van der Waals surface area contributed by atoms with Gasteiger partial charge in [-0.05, 0) is 37.1 Å². The van der Waals surface area contributed by atoms with E-state index in [-0.39, 0.29) is 30.5 Å². The maximum absolute atomic E-state index is 11.4. The highest BCUT2D eigenvalue weighted by molar-refractivity contribution is 5.85. The molecule has 1 heterocycles. The molecule has 0 spiro atoms. The lowest BCUT2D eigenvalue weighted by Gasteiger charge is -2.14. The molecular formula is C14H20ClNO3. The largest absolute Gasteiger partial charge is 0.489 e. The molecule has 1 aliphatic heterocycles. The average molecular weight is 286 g/mol. The summed E-state index contributed by atoms with van der Waals surface area (Å²) in [5.74, 6) is 0.636. The maximum atomic E-state index is 11.4. The summed E-state index contributed by atoms with van der Waals surface area (Å²) >= 11 is 0. The highest BCUT2D eigenvalue weighted by Crippen LogP contribution is 2.20. The number of aryl methyl sites for hydroxylation is 2. The van der Waals surface area contributed by atoms with Crippen LogP contribution in [0.25, 0.3) is 0 Å². The number of benzene rings is 1. The first-order valence-corrected chi connectivity index (χ1v) is 6.15. The third kappa shape index (κ3) is 3.85. The van der Waals surface area contributed by atoms with E-state index in [2.05, 4.69) is 19.2 Å². The smallest absolute Gasteiger partial charge is 0.323 e. The van der Waals surface area contributed by atoms with Crippen molar-refractivity contribution in [2.24, 2.45) is 0 Å². The number of esters is 1. The first-order valence-electron chi connectivity index (χ1n) is 6.15. The molecule has 0 radical (unpaired) electrons. The number of hydrogen-bond donors (Lipinski definition) is 1. The summed E-state index contributed by atoms with van der Waals surface area (Å²) in [6.45, 7) is 4.81. The van der Waals surface area contributed by atoms with Crippen LogP contribution in [0.2, 0.25) is 0 Å². The summed E-state index contributed by atoms with van der Waals surface area (Å²) in [5, 5.41) is 3.10. The van der Waals surface area contributed by atoms with Crippen molar-refractivity contribution < 1.29 is 14.3 Å². The third-order valence-electron chi connectivity index (χ3n) is 3.36. The van der Waals surface area contributed by atoms with E-state index in [1.807, 2.05) is 18.2 Å². The Morgan fingerprint density at radius 2 is 2.05 bits per heavy atom. The van der Waals surface area contributed by atoms with Crippen molar-refractivity contribution in [1.82, 2.24) is 5.32 Å². The zero-order chi connectivity index (χ0) is 13.1. The Morgan fingerprint density at radius 3 is 2.68 bits per heavy atom. The molecule has 1 aliphatic rings. The van der Waals surface area contributed by atoms with Gasteiger partial charge in [0.25, 0.3) is 0 Å². The molecule has 1 aromatic carbocycles. The zero-order valence-corrected chi connectivity index (χ0v) is 12.3. The molecule has 2 atom stereocenters. The summed E-state index contributed by atoms with van der Waals surface area (Å²) in [4.78, 5) is 11.4. The lowest BCUT2D eigenvalue weighted by atomic mass is 10.1. The highest BCUT2D eigenvalue weighted by Gasteiger charge is 2.31. The number of nitrogens with one attached hydrogen (secondary N) is 1. The number of rotatable bonds is 3. The Balaban J connectivity index is 0.00000180. The molecular weight excluding hydrogens is 266 g/mol. The fourth-order valence-corrected chi connectivity index (χ4v) is 2.09. The molecule has 0 bridgehead atoms. The molecule has 1 saturated heterocycles. The van der Waals surface area contributed by atoms with Gasteiger partial charge in [0.05, 0.1) is 7.11 Å². The van der Waals surface area contributed by atoms with Gasteiger partial charge < -0.3 is 14.8 Å². The SMILES string of the molecule is COC(=O)[C@@H]1C[C@@H](Oc2ccc(C)c(C)c2)CN1.Cl. The van der Waals surface area contributed by atoms with Crippen LogP contribution >= 0.6 is 12.4 Å². The Bertz CT molecular complexity index is 450. The van der Waals surface area contributed by atoms with Gasteiger partial charge in [0.2, 0.25) is 0 Å². The molecule has 1 fully saturated rings. The van der Waals surface area contributed by atoms with Crippen molar-refractivity contribution in [3.8, 4) is 5.75 Å². The fraction of sp³-hybridized carbons (Fsp3) is 0.500. The lowest BCUT2D eigenvalue weighted by molar-refractivity contribution is -0.142. The summed E-state index contributed by atoms with van der Waals surface area (Å²) in [5.41, 5.74) is 2.46. The molecule has 0 saturated carbocycles. The van der Waals surface area contributed by atoms with E-state index in [0.717, 1.165) is 5.75 Å². The first kappa shape index (κ1) is 15.8. The van der Waals surface area contributed by atoms with Gasteiger partial charge in [0, 0.05) is 13.0 Å². The van der Waals surface area contributed by atoms with E-state index in [1.54, 1.807) is 0 Å². The van der Waals surface area contributed by atoms with Gasteiger partial charge in [-0.2, -0.15) is 0 Å². The molecule has 1 N–H and O–H groups in total. The number of carbonyl (C=O) groups is 1. The van der Waals surface area contributed by atoms with Crippen LogP contribution in [0.3, 0.4) is 0 Å². The normalized spacial score (nSPS) is 21.6. The Kier molecular flexibility index (Phi) is 5.63. The Morgan fingerprint density at radius 1 is 1.32 bits per heavy atom. The molecule has 0 amide bonds. The van der Waals surface area contributed by atoms with E-state index in [4.69, 9.17) is 9.47 Å². The molecule has 0 aromatic heterocycles. The van der Waals surface area contributed by atoms with Gasteiger partial charge in [-0.15, -0.1) is 12.4 Å². The molecule has 0 unspecified atom stereocenters. The van der Waals surface area contributed by atoms with Crippen molar-refractivity contribution in [1.29, 1.82) is 0 Å². The van der Waals surface area contributed by atoms with Gasteiger partial charge >= 0.3 is 5.97 Å². The summed E-state index contributed by atoms with van der Waals surface area (Å²) in [6.07, 6.45) is 0.677. The van der Waals surface area contributed by atoms with Gasteiger partial charge in [-0.1, -0.05) is 6.07 Å². The van der Waals surface area contributed by atoms with E-state index >= 15 is 0 Å². The molecule has 1 aromatic rings. The van der Waals surface area contributed by atoms with Crippen molar-refractivity contribution in [3.63, 3.8) is 0 Å². The molecule has 5 heteroatoms. The average Bonchev–Trinajstić information content (AvgIpc) is 2.81. The summed E-state index contributed by atoms with van der Waals surface area (Å²) in [7, 11) is 1.40. The van der Waals surface area contributed by atoms with Crippen molar-refractivity contribution in [3.05, 3.63) is 29.3 Å². The van der Waals surface area contributed by atoms with Crippen LogP contribution in [0.5, 0.6) is 5.75 Å². The minimum Gasteiger partial charge on any atom is -0.489 e. The predicted molar refractivity (Wildman–Crippen MR) is 76.0 cm³/mol. The number of hydrogen-bond acceptors (Lipinski definition) is 4. The van der Waals surface area contributed by atoms with Gasteiger partial charge in [0.1, 0.15) is 17.9 Å². The van der Waals surface area contributed by atoms with Gasteiger partial charge in [-0.25, -0.2) is 0 Å². The van der Waals surface area contributed by atoms with Crippen molar-refractivity contribution in [2.45, 2.75) is 32.4 Å². The second kappa shape index (κ2) is 6.78. The Hall–Kier alpha value is -1.26. The van der Waals surface area contributed by atoms with Gasteiger partial charge in [0.15, 0.2) is 0 Å². The van der Waals surface area contributed by atoms with Crippen LogP contribution in [-0.4, -0.2) is 31.8 Å². The quantitative estimate of drug-likeness (QED) is 0.863. The van der Waals surface area contributed by atoms with E-state index in [9.17, 15) is 4.79 Å². The van der Waals surface area contributed by atoms with Crippen molar-refractivity contribution >= 4 is 18.4 Å². The second-order valence-corrected chi connectivity index (χ2v) is 4.71. The monoisotopic (exact) mass is 285 g/mol. The predicted octanol–water partition coefficient (Wildman–Crippen LogP) is 2.01. The minimum atomic E-state index is -0.244. The summed E-state index contributed by atoms with van der Waals surface area (Å²) in [6, 6.07) is 5.80.